The van der Waals surface area contributed by atoms with Crippen molar-refractivity contribution < 1.29 is 27.1 Å². The van der Waals surface area contributed by atoms with Crippen LogP contribution in [0.2, 0.25) is 0 Å². The Labute approximate surface area is 250 Å². The summed E-state index contributed by atoms with van der Waals surface area (Å²) in [6.45, 7) is 3.17. The van der Waals surface area contributed by atoms with Crippen molar-refractivity contribution in [2.45, 2.75) is 6.18 Å². The third kappa shape index (κ3) is 6.42. The number of nitrogens with one attached hydrogen (secondary N) is 3. The number of rotatable bonds is 6. The maximum Gasteiger partial charge on any atom is 0.418 e. The summed E-state index contributed by atoms with van der Waals surface area (Å²) in [6, 6.07) is 23.9. The van der Waals surface area contributed by atoms with Gasteiger partial charge in [0.15, 0.2) is 0 Å². The van der Waals surface area contributed by atoms with Crippen LogP contribution in [-0.2, 0) is 10.9 Å². The second-order valence-corrected chi connectivity index (χ2v) is 10.2. The van der Waals surface area contributed by atoms with Gasteiger partial charge in [-0.3, -0.25) is 0 Å². The van der Waals surface area contributed by atoms with Gasteiger partial charge in [0, 0.05) is 41.7 Å². The number of carbonyl (C=O) groups is 1. The Balaban J connectivity index is 1.17. The molecule has 3 N–H and O–H groups in total. The van der Waals surface area contributed by atoms with E-state index in [1.165, 1.54) is 0 Å². The number of ether oxygens (including phenoxy) is 1. The molecule has 5 aromatic rings. The molecular weight excluding hydrogens is 574 g/mol. The quantitative estimate of drug-likeness (QED) is 0.171. The molecule has 1 aliphatic rings. The average molecular weight is 602 g/mol. The zero-order chi connectivity index (χ0) is 30.7. The Morgan fingerprint density at radius 1 is 0.818 bits per heavy atom. The SMILES string of the molecule is O=C(Nc1ccc(-c2cccc3c(Nc4ccc(N5CCOCC5)cc4)nccc23)cc1)Nc1cc(F)ccc1C(F)(F)F. The molecule has 4 aromatic carbocycles. The second kappa shape index (κ2) is 12.2. The van der Waals surface area contributed by atoms with E-state index < -0.39 is 29.3 Å². The highest BCUT2D eigenvalue weighted by Gasteiger charge is 2.34. The van der Waals surface area contributed by atoms with Crippen LogP contribution in [0.1, 0.15) is 5.56 Å². The fourth-order valence-corrected chi connectivity index (χ4v) is 5.16. The lowest BCUT2D eigenvalue weighted by atomic mass is 9.99. The number of aromatic nitrogens is 1. The van der Waals surface area contributed by atoms with E-state index in [4.69, 9.17) is 4.74 Å². The standard InChI is InChI=1S/C33H27F4N5O2/c34-22-6-13-29(33(35,36)37)30(20-22)41-32(43)40-24-7-4-21(5-8-24)26-2-1-3-28-27(26)14-15-38-31(28)39-23-9-11-25(12-10-23)42-16-18-44-19-17-42/h1-15,20H,16-19H2,(H,38,39)(H2,40,41,43). The molecule has 0 unspecified atom stereocenters. The molecule has 7 nitrogen and oxygen atoms in total. The van der Waals surface area contributed by atoms with Gasteiger partial charge in [-0.1, -0.05) is 30.3 Å². The minimum Gasteiger partial charge on any atom is -0.378 e. The molecule has 1 fully saturated rings. The smallest absolute Gasteiger partial charge is 0.378 e. The number of hydrogen-bond donors (Lipinski definition) is 3. The number of morpholine rings is 1. The van der Waals surface area contributed by atoms with E-state index >= 15 is 0 Å². The van der Waals surface area contributed by atoms with Crippen molar-refractivity contribution in [2.24, 2.45) is 0 Å². The number of anilines is 5. The number of pyridine rings is 1. The summed E-state index contributed by atoms with van der Waals surface area (Å²) >= 11 is 0. The predicted molar refractivity (Wildman–Crippen MR) is 164 cm³/mol. The first kappa shape index (κ1) is 28.9. The fourth-order valence-electron chi connectivity index (χ4n) is 5.16. The molecule has 1 saturated heterocycles. The van der Waals surface area contributed by atoms with Crippen LogP contribution < -0.4 is 20.9 Å². The summed E-state index contributed by atoms with van der Waals surface area (Å²) in [5.74, 6) is -0.197. The Morgan fingerprint density at radius 2 is 1.55 bits per heavy atom. The van der Waals surface area contributed by atoms with E-state index in [2.05, 4.69) is 38.0 Å². The first-order chi connectivity index (χ1) is 21.2. The molecule has 2 heterocycles. The highest BCUT2D eigenvalue weighted by molar-refractivity contribution is 6.03. The highest BCUT2D eigenvalue weighted by atomic mass is 19.4. The van der Waals surface area contributed by atoms with E-state index in [0.29, 0.717) is 29.7 Å². The average Bonchev–Trinajstić information content (AvgIpc) is 3.01. The third-order valence-corrected chi connectivity index (χ3v) is 7.30. The van der Waals surface area contributed by atoms with Gasteiger partial charge in [-0.25, -0.2) is 14.2 Å². The summed E-state index contributed by atoms with van der Waals surface area (Å²) in [7, 11) is 0. The Bertz CT molecular complexity index is 1790. The summed E-state index contributed by atoms with van der Waals surface area (Å²) in [5, 5.41) is 9.88. The number of benzene rings is 4. The maximum absolute atomic E-state index is 13.6. The molecule has 1 aliphatic heterocycles. The highest BCUT2D eigenvalue weighted by Crippen LogP contribution is 2.36. The molecule has 2 amide bonds. The van der Waals surface area contributed by atoms with E-state index in [1.54, 1.807) is 30.5 Å². The zero-order valence-electron chi connectivity index (χ0n) is 23.3. The minimum absolute atomic E-state index is 0.348. The minimum atomic E-state index is -4.75. The van der Waals surface area contributed by atoms with Gasteiger partial charge in [0.05, 0.1) is 24.5 Å². The van der Waals surface area contributed by atoms with Crippen molar-refractivity contribution in [1.82, 2.24) is 4.98 Å². The van der Waals surface area contributed by atoms with E-state index in [1.807, 2.05) is 36.4 Å². The number of hydrogen-bond acceptors (Lipinski definition) is 5. The Kier molecular flexibility index (Phi) is 8.03. The first-order valence-corrected chi connectivity index (χ1v) is 13.9. The molecular formula is C33H27F4N5O2. The van der Waals surface area contributed by atoms with Crippen molar-refractivity contribution in [1.29, 1.82) is 0 Å². The van der Waals surface area contributed by atoms with Crippen LogP contribution >= 0.6 is 0 Å². The summed E-state index contributed by atoms with van der Waals surface area (Å²) in [6.07, 6.45) is -3.02. The van der Waals surface area contributed by atoms with Gasteiger partial charge in [0.25, 0.3) is 0 Å². The molecule has 0 spiro atoms. The predicted octanol–water partition coefficient (Wildman–Crippen LogP) is 8.28. The molecule has 0 bridgehead atoms. The van der Waals surface area contributed by atoms with Crippen molar-refractivity contribution in [3.63, 3.8) is 0 Å². The number of urea groups is 1. The topological polar surface area (TPSA) is 78.5 Å². The molecule has 6 rings (SSSR count). The van der Waals surface area contributed by atoms with Crippen LogP contribution in [0.25, 0.3) is 21.9 Å². The van der Waals surface area contributed by atoms with Crippen LogP contribution in [0.4, 0.5) is 50.9 Å². The number of fused-ring (bicyclic) bond motifs is 1. The normalized spacial score (nSPS) is 13.5. The van der Waals surface area contributed by atoms with Crippen LogP contribution in [0.3, 0.4) is 0 Å². The maximum atomic E-state index is 13.6. The Morgan fingerprint density at radius 3 is 2.27 bits per heavy atom. The van der Waals surface area contributed by atoms with Gasteiger partial charge in [0.1, 0.15) is 11.6 Å². The molecule has 0 aliphatic carbocycles. The van der Waals surface area contributed by atoms with Gasteiger partial charge in [0.2, 0.25) is 0 Å². The molecule has 1 aromatic heterocycles. The van der Waals surface area contributed by atoms with Crippen molar-refractivity contribution in [2.75, 3.05) is 47.2 Å². The molecule has 11 heteroatoms. The summed E-state index contributed by atoms with van der Waals surface area (Å²) < 4.78 is 58.9. The molecule has 44 heavy (non-hydrogen) atoms. The molecule has 224 valence electrons. The van der Waals surface area contributed by atoms with Crippen LogP contribution in [0.5, 0.6) is 0 Å². The van der Waals surface area contributed by atoms with Crippen LogP contribution in [0, 0.1) is 5.82 Å². The zero-order valence-corrected chi connectivity index (χ0v) is 23.3. The monoisotopic (exact) mass is 601 g/mol. The lowest BCUT2D eigenvalue weighted by Gasteiger charge is -2.28. The van der Waals surface area contributed by atoms with Crippen LogP contribution in [-0.4, -0.2) is 37.3 Å². The van der Waals surface area contributed by atoms with Gasteiger partial charge in [-0.15, -0.1) is 0 Å². The van der Waals surface area contributed by atoms with E-state index in [0.717, 1.165) is 59.6 Å². The second-order valence-electron chi connectivity index (χ2n) is 10.2. The van der Waals surface area contributed by atoms with Crippen LogP contribution in [0.15, 0.2) is 97.2 Å². The number of alkyl halides is 3. The van der Waals surface area contributed by atoms with Gasteiger partial charge >= 0.3 is 12.2 Å². The fraction of sp³-hybridized carbons (Fsp3) is 0.152. The number of nitrogens with zero attached hydrogens (tertiary/aromatic N) is 2. The lowest BCUT2D eigenvalue weighted by molar-refractivity contribution is -0.136. The van der Waals surface area contributed by atoms with Gasteiger partial charge < -0.3 is 25.6 Å². The van der Waals surface area contributed by atoms with Crippen molar-refractivity contribution in [3.8, 4) is 11.1 Å². The van der Waals surface area contributed by atoms with Crippen molar-refractivity contribution >= 4 is 45.4 Å². The lowest BCUT2D eigenvalue weighted by Crippen LogP contribution is -2.36. The Hall–Kier alpha value is -5.16. The number of carbonyl (C=O) groups excluding carboxylic acids is 1. The molecule has 0 saturated carbocycles. The van der Waals surface area contributed by atoms with Gasteiger partial charge in [-0.05, 0) is 77.2 Å². The van der Waals surface area contributed by atoms with Crippen molar-refractivity contribution in [3.05, 3.63) is 109 Å². The number of amides is 2. The van der Waals surface area contributed by atoms with Gasteiger partial charge in [-0.2, -0.15) is 13.2 Å². The molecule has 0 radical (unpaired) electrons. The first-order valence-electron chi connectivity index (χ1n) is 13.9. The largest absolute Gasteiger partial charge is 0.418 e. The molecule has 0 atom stereocenters. The number of halogens is 4. The summed E-state index contributed by atoms with van der Waals surface area (Å²) in [5.41, 5.74) is 2.37. The van der Waals surface area contributed by atoms with E-state index in [-0.39, 0.29) is 0 Å². The van der Waals surface area contributed by atoms with E-state index in [9.17, 15) is 22.4 Å². The third-order valence-electron chi connectivity index (χ3n) is 7.30. The summed E-state index contributed by atoms with van der Waals surface area (Å²) in [4.78, 5) is 19.3.